The van der Waals surface area contributed by atoms with Crippen LogP contribution in [0.3, 0.4) is 0 Å². The fraction of sp³-hybridized carbons (Fsp3) is 0.375. The van der Waals surface area contributed by atoms with Gasteiger partial charge < -0.3 is 20.1 Å². The largest absolute Gasteiger partial charge is 0.495 e. The second-order valence-electron chi connectivity index (χ2n) is 8.58. The Balaban J connectivity index is 1.63. The van der Waals surface area contributed by atoms with Crippen molar-refractivity contribution in [2.75, 3.05) is 36.4 Å². The maximum absolute atomic E-state index is 13.4. The average molecular weight is 549 g/mol. The van der Waals surface area contributed by atoms with Gasteiger partial charge in [-0.2, -0.15) is 4.98 Å². The number of fused-ring (bicyclic) bond motifs is 1. The highest BCUT2D eigenvalue weighted by Crippen LogP contribution is 2.47. The number of anilines is 3. The second kappa shape index (κ2) is 10.8. The van der Waals surface area contributed by atoms with Crippen molar-refractivity contribution in [2.24, 2.45) is 0 Å². The number of ketones is 1. The molecule has 2 atom stereocenters. The van der Waals surface area contributed by atoms with Gasteiger partial charge in [-0.15, -0.1) is 0 Å². The summed E-state index contributed by atoms with van der Waals surface area (Å²) in [6.07, 6.45) is 3.83. The number of hydrogen-bond donors (Lipinski definition) is 2. The Morgan fingerprint density at radius 3 is 2.49 bits per heavy atom. The number of amides is 3. The summed E-state index contributed by atoms with van der Waals surface area (Å²) in [5.41, 5.74) is 0.897. The van der Waals surface area contributed by atoms with Crippen molar-refractivity contribution in [3.63, 3.8) is 0 Å². The Labute approximate surface area is 223 Å². The molecule has 196 valence electrons. The molecule has 37 heavy (non-hydrogen) atoms. The molecule has 1 aromatic heterocycles. The summed E-state index contributed by atoms with van der Waals surface area (Å²) in [5.74, 6) is 0.978. The van der Waals surface area contributed by atoms with E-state index in [0.29, 0.717) is 35.7 Å². The number of Topliss-reactive ketones (excluding diaryl/α,β-unsaturated/α-hetero) is 1. The van der Waals surface area contributed by atoms with E-state index in [1.54, 1.807) is 19.3 Å². The Bertz CT molecular complexity index is 1240. The van der Waals surface area contributed by atoms with Crippen molar-refractivity contribution < 1.29 is 23.9 Å². The van der Waals surface area contributed by atoms with Gasteiger partial charge >= 0.3 is 6.03 Å². The molecule has 0 bridgehead atoms. The van der Waals surface area contributed by atoms with E-state index < -0.39 is 12.1 Å². The van der Waals surface area contributed by atoms with Crippen molar-refractivity contribution in [1.29, 1.82) is 0 Å². The van der Waals surface area contributed by atoms with E-state index in [1.807, 2.05) is 0 Å². The van der Waals surface area contributed by atoms with Crippen molar-refractivity contribution >= 4 is 58.4 Å². The molecule has 1 aliphatic carbocycles. The molecule has 11 nitrogen and oxygen atoms in total. The number of aromatic nitrogens is 2. The van der Waals surface area contributed by atoms with Crippen LogP contribution < -0.4 is 29.9 Å². The number of nitrogens with zero attached hydrogens (tertiary/aromatic N) is 4. The van der Waals surface area contributed by atoms with Gasteiger partial charge in [0.25, 0.3) is 0 Å². The van der Waals surface area contributed by atoms with Crippen LogP contribution >= 0.6 is 23.2 Å². The monoisotopic (exact) mass is 548 g/mol. The molecule has 2 N–H and O–H groups in total. The number of methoxy groups -OCH3 is 2. The van der Waals surface area contributed by atoms with Gasteiger partial charge in [0, 0.05) is 37.7 Å². The van der Waals surface area contributed by atoms with Crippen molar-refractivity contribution in [2.45, 2.75) is 37.9 Å². The molecule has 2 aromatic rings. The van der Waals surface area contributed by atoms with Gasteiger partial charge in [0.15, 0.2) is 0 Å². The molecule has 0 saturated heterocycles. The molecule has 2 heterocycles. The van der Waals surface area contributed by atoms with E-state index in [2.05, 4.69) is 27.2 Å². The quantitative estimate of drug-likeness (QED) is 0.502. The Morgan fingerprint density at radius 1 is 1.19 bits per heavy atom. The normalized spacial score (nSPS) is 19.3. The van der Waals surface area contributed by atoms with E-state index in [0.717, 1.165) is 6.08 Å². The van der Waals surface area contributed by atoms with E-state index in [9.17, 15) is 14.4 Å². The summed E-state index contributed by atoms with van der Waals surface area (Å²) in [7, 11) is 4.49. The zero-order valence-corrected chi connectivity index (χ0v) is 22.0. The summed E-state index contributed by atoms with van der Waals surface area (Å²) in [6.45, 7) is 3.56. The predicted molar refractivity (Wildman–Crippen MR) is 140 cm³/mol. The highest BCUT2D eigenvalue weighted by Gasteiger charge is 2.36. The van der Waals surface area contributed by atoms with Crippen LogP contribution in [-0.2, 0) is 16.1 Å². The molecule has 3 amide bonds. The molecule has 1 aliphatic heterocycles. The molecular formula is C24H26Cl2N6O5. The zero-order chi connectivity index (χ0) is 26.9. The number of urea groups is 1. The average Bonchev–Trinajstić information content (AvgIpc) is 2.89. The van der Waals surface area contributed by atoms with Gasteiger partial charge in [0.1, 0.15) is 33.1 Å². The van der Waals surface area contributed by atoms with Gasteiger partial charge in [-0.25, -0.2) is 9.78 Å². The predicted octanol–water partition coefficient (Wildman–Crippen LogP) is 3.58. The van der Waals surface area contributed by atoms with Gasteiger partial charge in [0.2, 0.25) is 11.9 Å². The molecular weight excluding hydrogens is 523 g/mol. The lowest BCUT2D eigenvalue weighted by Gasteiger charge is -2.36. The Hall–Kier alpha value is -3.57. The fourth-order valence-corrected chi connectivity index (χ4v) is 5.11. The number of carbonyl (C=O) groups excluding carboxylic acids is 3. The van der Waals surface area contributed by atoms with Crippen molar-refractivity contribution in [3.05, 3.63) is 40.5 Å². The topological polar surface area (TPSA) is 126 Å². The van der Waals surface area contributed by atoms with Crippen LogP contribution in [0.1, 0.15) is 24.8 Å². The number of halogens is 2. The van der Waals surface area contributed by atoms with E-state index in [-0.39, 0.29) is 52.4 Å². The lowest BCUT2D eigenvalue weighted by molar-refractivity contribution is -0.122. The number of benzene rings is 1. The SMILES string of the molecule is C=CC(=O)NC1CC(=O)CCC1Nc1ncc2c(n1)N(C)C(=O)N(c1c(Cl)c(OC)cc(OC)c1Cl)C2. The van der Waals surface area contributed by atoms with Crippen molar-refractivity contribution in [1.82, 2.24) is 15.3 Å². The molecule has 1 fully saturated rings. The van der Waals surface area contributed by atoms with Crippen molar-refractivity contribution in [3.8, 4) is 11.5 Å². The Morgan fingerprint density at radius 2 is 1.86 bits per heavy atom. The lowest BCUT2D eigenvalue weighted by atomic mass is 9.89. The summed E-state index contributed by atoms with van der Waals surface area (Å²) >= 11 is 13.1. The molecule has 2 aliphatic rings. The third-order valence-electron chi connectivity index (χ3n) is 6.32. The number of nitrogens with one attached hydrogen (secondary N) is 2. The third-order valence-corrected chi connectivity index (χ3v) is 7.05. The molecule has 1 aromatic carbocycles. The molecule has 1 saturated carbocycles. The maximum atomic E-state index is 13.4. The van der Waals surface area contributed by atoms with Crippen LogP contribution in [0.25, 0.3) is 0 Å². The third kappa shape index (κ3) is 5.14. The van der Waals surface area contributed by atoms with Crippen LogP contribution in [0.5, 0.6) is 11.5 Å². The summed E-state index contributed by atoms with van der Waals surface area (Å²) in [6, 6.07) is 0.414. The highest BCUT2D eigenvalue weighted by atomic mass is 35.5. The first kappa shape index (κ1) is 26.5. The van der Waals surface area contributed by atoms with E-state index >= 15 is 0 Å². The number of carbonyl (C=O) groups is 3. The molecule has 13 heteroatoms. The minimum absolute atomic E-state index is 0.0655. The van der Waals surface area contributed by atoms with Gasteiger partial charge in [-0.05, 0) is 12.5 Å². The molecule has 2 unspecified atom stereocenters. The smallest absolute Gasteiger partial charge is 0.330 e. The number of ether oxygens (including phenoxy) is 2. The Kier molecular flexibility index (Phi) is 7.74. The van der Waals surface area contributed by atoms with Crippen LogP contribution in [0.4, 0.5) is 22.2 Å². The first-order chi connectivity index (χ1) is 17.7. The molecule has 4 rings (SSSR count). The lowest BCUT2D eigenvalue weighted by Crippen LogP contribution is -2.50. The summed E-state index contributed by atoms with van der Waals surface area (Å²) < 4.78 is 10.7. The summed E-state index contributed by atoms with van der Waals surface area (Å²) in [5, 5.41) is 6.32. The first-order valence-corrected chi connectivity index (χ1v) is 12.2. The molecule has 0 spiro atoms. The standard InChI is InChI=1S/C24H26Cl2N6O5/c1-5-18(34)28-15-8-13(33)6-7-14(15)29-23-27-10-12-11-32(24(35)31(2)22(12)30-23)21-19(25)16(36-3)9-17(37-4)20(21)26/h5,9-10,14-15H,1,6-8,11H2,2-4H3,(H,28,34)(H,27,29,30). The minimum atomic E-state index is -0.437. The van der Waals surface area contributed by atoms with Crippen LogP contribution in [0.15, 0.2) is 24.9 Å². The van der Waals surface area contributed by atoms with E-state index in [1.165, 1.54) is 24.0 Å². The van der Waals surface area contributed by atoms with Crippen LogP contribution in [-0.4, -0.2) is 61.0 Å². The van der Waals surface area contributed by atoms with Crippen LogP contribution in [0, 0.1) is 0 Å². The number of rotatable bonds is 7. The highest BCUT2D eigenvalue weighted by molar-refractivity contribution is 6.42. The molecule has 0 radical (unpaired) electrons. The van der Waals surface area contributed by atoms with Gasteiger partial charge in [-0.3, -0.25) is 19.4 Å². The minimum Gasteiger partial charge on any atom is -0.495 e. The van der Waals surface area contributed by atoms with E-state index in [4.69, 9.17) is 32.7 Å². The fourth-order valence-electron chi connectivity index (χ4n) is 4.40. The van der Waals surface area contributed by atoms with Gasteiger partial charge in [0.05, 0.1) is 38.5 Å². The first-order valence-electron chi connectivity index (χ1n) is 11.4. The second-order valence-corrected chi connectivity index (χ2v) is 9.34. The summed E-state index contributed by atoms with van der Waals surface area (Å²) in [4.78, 5) is 49.0. The van der Waals surface area contributed by atoms with Crippen LogP contribution in [0.2, 0.25) is 10.0 Å². The number of hydrogen-bond acceptors (Lipinski definition) is 8. The van der Waals surface area contributed by atoms with Gasteiger partial charge in [-0.1, -0.05) is 29.8 Å². The zero-order valence-electron chi connectivity index (χ0n) is 20.5. The maximum Gasteiger partial charge on any atom is 0.330 e.